The fourth-order valence-electron chi connectivity index (χ4n) is 2.92. The van der Waals surface area contributed by atoms with E-state index < -0.39 is 0 Å². The van der Waals surface area contributed by atoms with Gasteiger partial charge in [0.05, 0.1) is 12.6 Å². The molecular weight excluding hydrogens is 224 g/mol. The van der Waals surface area contributed by atoms with E-state index in [9.17, 15) is 4.79 Å². The van der Waals surface area contributed by atoms with Crippen LogP contribution in [0.25, 0.3) is 0 Å². The molecule has 0 aromatic heterocycles. The van der Waals surface area contributed by atoms with E-state index >= 15 is 0 Å². The van der Waals surface area contributed by atoms with Crippen LogP contribution in [0.3, 0.4) is 0 Å². The highest BCUT2D eigenvalue weighted by molar-refractivity contribution is 5.98. The van der Waals surface area contributed by atoms with Crippen LogP contribution in [-0.4, -0.2) is 25.0 Å². The van der Waals surface area contributed by atoms with Crippen molar-refractivity contribution in [1.82, 2.24) is 5.32 Å². The summed E-state index contributed by atoms with van der Waals surface area (Å²) in [5, 5.41) is 3.19. The average molecular weight is 244 g/mol. The number of benzene rings is 1. The van der Waals surface area contributed by atoms with E-state index in [0.29, 0.717) is 12.6 Å². The van der Waals surface area contributed by atoms with E-state index in [1.165, 1.54) is 11.1 Å². The molecule has 3 heteroatoms. The first-order valence-corrected chi connectivity index (χ1v) is 6.63. The van der Waals surface area contributed by atoms with Crippen molar-refractivity contribution in [3.8, 4) is 0 Å². The van der Waals surface area contributed by atoms with Gasteiger partial charge in [0.25, 0.3) is 0 Å². The molecule has 1 fully saturated rings. The molecule has 0 radical (unpaired) electrons. The van der Waals surface area contributed by atoms with Crippen LogP contribution in [0.15, 0.2) is 18.2 Å². The zero-order valence-electron chi connectivity index (χ0n) is 11.3. The molecule has 2 aliphatic rings. The molecule has 1 aromatic carbocycles. The minimum Gasteiger partial charge on any atom is -0.306 e. The van der Waals surface area contributed by atoms with Gasteiger partial charge in [-0.3, -0.25) is 4.79 Å². The maximum absolute atomic E-state index is 12.0. The molecule has 1 saturated heterocycles. The summed E-state index contributed by atoms with van der Waals surface area (Å²) in [6.45, 7) is 8.05. The molecule has 1 unspecified atom stereocenters. The lowest BCUT2D eigenvalue weighted by Gasteiger charge is -2.30. The maximum Gasteiger partial charge on any atom is 0.241 e. The number of carbonyl (C=O) groups is 1. The van der Waals surface area contributed by atoms with Crippen molar-refractivity contribution < 1.29 is 4.79 Å². The Hall–Kier alpha value is -1.35. The summed E-state index contributed by atoms with van der Waals surface area (Å²) < 4.78 is 0. The number of anilines is 1. The fraction of sp³-hybridized carbons (Fsp3) is 0.533. The van der Waals surface area contributed by atoms with Gasteiger partial charge in [-0.05, 0) is 29.0 Å². The minimum atomic E-state index is 0.167. The number of fused-ring (bicyclic) bond motifs is 3. The molecule has 3 rings (SSSR count). The maximum atomic E-state index is 12.0. The Morgan fingerprint density at radius 1 is 1.33 bits per heavy atom. The summed E-state index contributed by atoms with van der Waals surface area (Å²) in [6, 6.07) is 6.88. The second kappa shape index (κ2) is 3.82. The minimum absolute atomic E-state index is 0.167. The van der Waals surface area contributed by atoms with Gasteiger partial charge in [0.15, 0.2) is 0 Å². The first kappa shape index (κ1) is 11.7. The summed E-state index contributed by atoms with van der Waals surface area (Å²) in [5.74, 6) is 0.202. The van der Waals surface area contributed by atoms with E-state index in [1.54, 1.807) is 0 Å². The third-order valence-corrected chi connectivity index (χ3v) is 3.95. The number of piperazine rings is 1. The molecule has 1 atom stereocenters. The first-order chi connectivity index (χ1) is 8.47. The average Bonchev–Trinajstić information content (AvgIpc) is 2.66. The zero-order valence-corrected chi connectivity index (χ0v) is 11.3. The van der Waals surface area contributed by atoms with Crippen molar-refractivity contribution in [2.24, 2.45) is 0 Å². The molecule has 96 valence electrons. The van der Waals surface area contributed by atoms with Gasteiger partial charge in [0.2, 0.25) is 5.91 Å². The number of hydrogen-bond acceptors (Lipinski definition) is 2. The fourth-order valence-corrected chi connectivity index (χ4v) is 2.92. The van der Waals surface area contributed by atoms with Crippen LogP contribution in [0.5, 0.6) is 0 Å². The van der Waals surface area contributed by atoms with E-state index in [0.717, 1.165) is 18.7 Å². The predicted octanol–water partition coefficient (Wildman–Crippen LogP) is 1.84. The van der Waals surface area contributed by atoms with Crippen LogP contribution in [-0.2, 0) is 16.6 Å². The van der Waals surface area contributed by atoms with Crippen molar-refractivity contribution in [2.45, 2.75) is 38.6 Å². The number of amides is 1. The molecule has 2 heterocycles. The van der Waals surface area contributed by atoms with Crippen LogP contribution in [0.1, 0.15) is 31.9 Å². The molecule has 0 spiro atoms. The van der Waals surface area contributed by atoms with Crippen molar-refractivity contribution in [3.05, 3.63) is 29.3 Å². The van der Waals surface area contributed by atoms with Gasteiger partial charge in [-0.2, -0.15) is 0 Å². The van der Waals surface area contributed by atoms with Crippen LogP contribution >= 0.6 is 0 Å². The summed E-state index contributed by atoms with van der Waals surface area (Å²) in [6.07, 6.45) is 0.984. The second-order valence-corrected chi connectivity index (χ2v) is 6.35. The van der Waals surface area contributed by atoms with E-state index in [1.807, 2.05) is 4.90 Å². The zero-order chi connectivity index (χ0) is 12.9. The Kier molecular flexibility index (Phi) is 2.49. The van der Waals surface area contributed by atoms with Crippen molar-refractivity contribution >= 4 is 11.6 Å². The molecule has 2 aliphatic heterocycles. The van der Waals surface area contributed by atoms with Crippen molar-refractivity contribution in [2.75, 3.05) is 18.0 Å². The van der Waals surface area contributed by atoms with E-state index in [4.69, 9.17) is 0 Å². The van der Waals surface area contributed by atoms with E-state index in [-0.39, 0.29) is 11.3 Å². The lowest BCUT2D eigenvalue weighted by Crippen LogP contribution is -2.53. The molecule has 1 amide bonds. The summed E-state index contributed by atoms with van der Waals surface area (Å²) >= 11 is 0. The Balaban J connectivity index is 2.01. The highest BCUT2D eigenvalue weighted by Crippen LogP contribution is 2.36. The quantitative estimate of drug-likeness (QED) is 0.755. The van der Waals surface area contributed by atoms with E-state index in [2.05, 4.69) is 44.3 Å². The number of nitrogens with zero attached hydrogens (tertiary/aromatic N) is 1. The Bertz CT molecular complexity index is 502. The summed E-state index contributed by atoms with van der Waals surface area (Å²) in [5.41, 5.74) is 3.96. The number of nitrogens with one attached hydrogen (secondary N) is 1. The molecular formula is C15H20N2O. The number of rotatable bonds is 0. The highest BCUT2D eigenvalue weighted by Gasteiger charge is 2.36. The molecule has 0 aliphatic carbocycles. The third-order valence-electron chi connectivity index (χ3n) is 3.95. The van der Waals surface area contributed by atoms with Gasteiger partial charge in [-0.25, -0.2) is 0 Å². The van der Waals surface area contributed by atoms with Gasteiger partial charge in [-0.15, -0.1) is 0 Å². The SMILES string of the molecule is CC(C)(C)c1ccc2c(c1)CC1CNCC(=O)N21. The number of carbonyl (C=O) groups excluding carboxylic acids is 1. The number of hydrogen-bond donors (Lipinski definition) is 1. The van der Waals surface area contributed by atoms with Gasteiger partial charge in [0, 0.05) is 12.2 Å². The molecule has 18 heavy (non-hydrogen) atoms. The van der Waals surface area contributed by atoms with Crippen molar-refractivity contribution in [1.29, 1.82) is 0 Å². The summed E-state index contributed by atoms with van der Waals surface area (Å²) in [4.78, 5) is 14.0. The summed E-state index contributed by atoms with van der Waals surface area (Å²) in [7, 11) is 0. The highest BCUT2D eigenvalue weighted by atomic mass is 16.2. The standard InChI is InChI=1S/C15H20N2O/c1-15(2,3)11-4-5-13-10(6-11)7-12-8-16-9-14(18)17(12)13/h4-6,12,16H,7-9H2,1-3H3. The van der Waals surface area contributed by atoms with Gasteiger partial charge < -0.3 is 10.2 Å². The van der Waals surface area contributed by atoms with Crippen LogP contribution in [0, 0.1) is 0 Å². The third kappa shape index (κ3) is 1.74. The monoisotopic (exact) mass is 244 g/mol. The van der Waals surface area contributed by atoms with Crippen LogP contribution < -0.4 is 10.2 Å². The lowest BCUT2D eigenvalue weighted by atomic mass is 9.86. The molecule has 3 nitrogen and oxygen atoms in total. The first-order valence-electron chi connectivity index (χ1n) is 6.63. The molecule has 0 bridgehead atoms. The largest absolute Gasteiger partial charge is 0.306 e. The molecule has 1 N–H and O–H groups in total. The van der Waals surface area contributed by atoms with Crippen LogP contribution in [0.4, 0.5) is 5.69 Å². The molecule has 1 aromatic rings. The predicted molar refractivity (Wildman–Crippen MR) is 73.0 cm³/mol. The van der Waals surface area contributed by atoms with Crippen molar-refractivity contribution in [3.63, 3.8) is 0 Å². The smallest absolute Gasteiger partial charge is 0.241 e. The Morgan fingerprint density at radius 2 is 2.11 bits per heavy atom. The Labute approximate surface area is 108 Å². The Morgan fingerprint density at radius 3 is 2.83 bits per heavy atom. The van der Waals surface area contributed by atoms with Gasteiger partial charge in [0.1, 0.15) is 0 Å². The van der Waals surface area contributed by atoms with Gasteiger partial charge >= 0.3 is 0 Å². The van der Waals surface area contributed by atoms with Gasteiger partial charge in [-0.1, -0.05) is 32.9 Å². The molecule has 0 saturated carbocycles. The normalized spacial score (nSPS) is 22.9. The van der Waals surface area contributed by atoms with Crippen LogP contribution in [0.2, 0.25) is 0 Å². The second-order valence-electron chi connectivity index (χ2n) is 6.35. The lowest BCUT2D eigenvalue weighted by molar-refractivity contribution is -0.119. The topological polar surface area (TPSA) is 32.3 Å².